The predicted molar refractivity (Wildman–Crippen MR) is 74.0 cm³/mol. The van der Waals surface area contributed by atoms with Gasteiger partial charge in [0.1, 0.15) is 4.88 Å². The Kier molecular flexibility index (Phi) is 3.98. The summed E-state index contributed by atoms with van der Waals surface area (Å²) in [4.78, 5) is 25.9. The molecule has 0 saturated carbocycles. The normalized spacial score (nSPS) is 10.3. The van der Waals surface area contributed by atoms with Crippen LogP contribution in [-0.4, -0.2) is 17.6 Å². The quantitative estimate of drug-likeness (QED) is 0.881. The lowest BCUT2D eigenvalue weighted by Crippen LogP contribution is -2.03. The van der Waals surface area contributed by atoms with Crippen LogP contribution in [0.4, 0.5) is 0 Å². The zero-order chi connectivity index (χ0) is 13.1. The molecule has 1 aromatic heterocycles. The van der Waals surface area contributed by atoms with Gasteiger partial charge in [-0.1, -0.05) is 39.4 Å². The average Bonchev–Trinajstić information content (AvgIpc) is 2.73. The molecule has 0 amide bonds. The number of thiazole rings is 1. The van der Waals surface area contributed by atoms with Crippen LogP contribution in [0.3, 0.4) is 0 Å². The fourth-order valence-corrected chi connectivity index (χ4v) is 2.50. The summed E-state index contributed by atoms with van der Waals surface area (Å²) >= 11 is 4.20. The molecule has 6 heteroatoms. The fraction of sp³-hybridized carbons (Fsp3) is 0.167. The van der Waals surface area contributed by atoms with E-state index in [0.717, 1.165) is 21.4 Å². The molecule has 4 nitrogen and oxygen atoms in total. The molecule has 0 bridgehead atoms. The fourth-order valence-electron chi connectivity index (χ4n) is 1.49. The zero-order valence-corrected chi connectivity index (χ0v) is 11.9. The molecular formula is C12H10BrNO3S. The highest BCUT2D eigenvalue weighted by Crippen LogP contribution is 2.25. The molecule has 0 radical (unpaired) electrons. The van der Waals surface area contributed by atoms with Gasteiger partial charge in [-0.3, -0.25) is 4.79 Å². The number of benzene rings is 1. The molecule has 0 spiro atoms. The largest absolute Gasteiger partial charge is 0.462 e. The van der Waals surface area contributed by atoms with Gasteiger partial charge in [0.05, 0.1) is 12.3 Å². The molecule has 0 aliphatic carbocycles. The van der Waals surface area contributed by atoms with E-state index in [2.05, 4.69) is 20.9 Å². The highest BCUT2D eigenvalue weighted by Gasteiger charge is 2.18. The molecule has 0 saturated heterocycles. The number of ether oxygens (including phenoxy) is 1. The van der Waals surface area contributed by atoms with E-state index in [1.165, 1.54) is 0 Å². The first-order valence-electron chi connectivity index (χ1n) is 5.28. The highest BCUT2D eigenvalue weighted by atomic mass is 79.9. The number of H-pyrrole nitrogens is 1. The van der Waals surface area contributed by atoms with Crippen LogP contribution in [0.15, 0.2) is 33.5 Å². The highest BCUT2D eigenvalue weighted by molar-refractivity contribution is 9.10. The summed E-state index contributed by atoms with van der Waals surface area (Å²) in [5.41, 5.74) is 1.29. The van der Waals surface area contributed by atoms with Crippen molar-refractivity contribution in [3.05, 3.63) is 43.3 Å². The minimum Gasteiger partial charge on any atom is -0.462 e. The maximum absolute atomic E-state index is 11.7. The van der Waals surface area contributed by atoms with Crippen LogP contribution < -0.4 is 4.87 Å². The molecular weight excluding hydrogens is 318 g/mol. The summed E-state index contributed by atoms with van der Waals surface area (Å²) < 4.78 is 5.86. The molecule has 0 aliphatic heterocycles. The van der Waals surface area contributed by atoms with Crippen molar-refractivity contribution >= 4 is 33.2 Å². The van der Waals surface area contributed by atoms with Crippen LogP contribution in [0.1, 0.15) is 16.6 Å². The molecule has 2 aromatic rings. The first kappa shape index (κ1) is 13.0. The summed E-state index contributed by atoms with van der Waals surface area (Å²) in [6.07, 6.45) is 0. The molecule has 94 valence electrons. The van der Waals surface area contributed by atoms with Gasteiger partial charge in [0.15, 0.2) is 0 Å². The lowest BCUT2D eigenvalue weighted by atomic mass is 10.1. The molecule has 1 N–H and O–H groups in total. The second kappa shape index (κ2) is 5.49. The van der Waals surface area contributed by atoms with Crippen LogP contribution in [-0.2, 0) is 4.74 Å². The molecule has 0 fully saturated rings. The lowest BCUT2D eigenvalue weighted by molar-refractivity contribution is 0.0532. The Morgan fingerprint density at radius 1 is 1.39 bits per heavy atom. The number of hydrogen-bond donors (Lipinski definition) is 1. The van der Waals surface area contributed by atoms with Crippen molar-refractivity contribution in [2.75, 3.05) is 6.61 Å². The maximum atomic E-state index is 11.7. The van der Waals surface area contributed by atoms with Crippen LogP contribution >= 0.6 is 27.3 Å². The number of aromatic amines is 1. The first-order valence-corrected chi connectivity index (χ1v) is 6.89. The summed E-state index contributed by atoms with van der Waals surface area (Å²) in [5, 5.41) is 0. The van der Waals surface area contributed by atoms with E-state index in [9.17, 15) is 9.59 Å². The van der Waals surface area contributed by atoms with Crippen molar-refractivity contribution in [1.82, 2.24) is 4.98 Å². The molecule has 1 heterocycles. The SMILES string of the molecule is CCOC(=O)c1sc(=O)[nH]c1-c1ccc(Br)cc1. The number of esters is 1. The number of halogens is 1. The van der Waals surface area contributed by atoms with E-state index in [1.54, 1.807) is 6.92 Å². The molecule has 1 aromatic carbocycles. The van der Waals surface area contributed by atoms with Crippen molar-refractivity contribution in [3.8, 4) is 11.3 Å². The summed E-state index contributed by atoms with van der Waals surface area (Å²) in [6, 6.07) is 7.34. The topological polar surface area (TPSA) is 59.2 Å². The lowest BCUT2D eigenvalue weighted by Gasteiger charge is -2.03. The van der Waals surface area contributed by atoms with Gasteiger partial charge in [0, 0.05) is 4.47 Å². The Labute approximate surface area is 116 Å². The minimum atomic E-state index is -0.473. The minimum absolute atomic E-state index is 0.268. The van der Waals surface area contributed by atoms with E-state index in [1.807, 2.05) is 24.3 Å². The predicted octanol–water partition coefficient (Wildman–Crippen LogP) is 3.04. The summed E-state index contributed by atoms with van der Waals surface area (Å²) in [5.74, 6) is -0.473. The Morgan fingerprint density at radius 3 is 2.67 bits per heavy atom. The summed E-state index contributed by atoms with van der Waals surface area (Å²) in [7, 11) is 0. The van der Waals surface area contributed by atoms with Gasteiger partial charge < -0.3 is 9.72 Å². The van der Waals surface area contributed by atoms with Crippen LogP contribution in [0, 0.1) is 0 Å². The molecule has 18 heavy (non-hydrogen) atoms. The zero-order valence-electron chi connectivity index (χ0n) is 9.53. The van der Waals surface area contributed by atoms with Crippen LogP contribution in [0.5, 0.6) is 0 Å². The van der Waals surface area contributed by atoms with Crippen molar-refractivity contribution in [2.24, 2.45) is 0 Å². The summed E-state index contributed by atoms with van der Waals surface area (Å²) in [6.45, 7) is 2.01. The number of hydrogen-bond acceptors (Lipinski definition) is 4. The van der Waals surface area contributed by atoms with Gasteiger partial charge in [-0.2, -0.15) is 0 Å². The number of nitrogens with one attached hydrogen (secondary N) is 1. The van der Waals surface area contributed by atoms with Gasteiger partial charge in [-0.05, 0) is 24.6 Å². The van der Waals surface area contributed by atoms with Crippen molar-refractivity contribution < 1.29 is 9.53 Å². The maximum Gasteiger partial charge on any atom is 0.350 e. The van der Waals surface area contributed by atoms with E-state index >= 15 is 0 Å². The Balaban J connectivity index is 2.47. The third-order valence-corrected chi connectivity index (χ3v) is 3.63. The third-order valence-electron chi connectivity index (χ3n) is 2.24. The van der Waals surface area contributed by atoms with Crippen LogP contribution in [0.2, 0.25) is 0 Å². The van der Waals surface area contributed by atoms with E-state index in [0.29, 0.717) is 10.6 Å². The van der Waals surface area contributed by atoms with Gasteiger partial charge in [0.2, 0.25) is 0 Å². The van der Waals surface area contributed by atoms with Gasteiger partial charge >= 0.3 is 10.8 Å². The monoisotopic (exact) mass is 327 g/mol. The Morgan fingerprint density at radius 2 is 2.06 bits per heavy atom. The van der Waals surface area contributed by atoms with E-state index in [-0.39, 0.29) is 11.5 Å². The third kappa shape index (κ3) is 2.70. The molecule has 0 atom stereocenters. The standard InChI is InChI=1S/C12H10BrNO3S/c1-2-17-11(15)10-9(14-12(16)18-10)7-3-5-8(13)6-4-7/h3-6H,2H2,1H3,(H,14,16). The van der Waals surface area contributed by atoms with Crippen molar-refractivity contribution in [2.45, 2.75) is 6.92 Å². The molecule has 0 unspecified atom stereocenters. The van der Waals surface area contributed by atoms with Gasteiger partial charge in [-0.15, -0.1) is 0 Å². The van der Waals surface area contributed by atoms with E-state index in [4.69, 9.17) is 4.74 Å². The molecule has 0 aliphatic rings. The Hall–Kier alpha value is -1.40. The van der Waals surface area contributed by atoms with Gasteiger partial charge in [0.25, 0.3) is 0 Å². The first-order chi connectivity index (χ1) is 8.61. The second-order valence-electron chi connectivity index (χ2n) is 3.45. The number of aromatic nitrogens is 1. The van der Waals surface area contributed by atoms with Gasteiger partial charge in [-0.25, -0.2) is 4.79 Å². The molecule has 2 rings (SSSR count). The van der Waals surface area contributed by atoms with Crippen molar-refractivity contribution in [1.29, 1.82) is 0 Å². The van der Waals surface area contributed by atoms with Crippen LogP contribution in [0.25, 0.3) is 11.3 Å². The number of rotatable bonds is 3. The number of carbonyl (C=O) groups is 1. The Bertz CT molecular complexity index is 615. The smallest absolute Gasteiger partial charge is 0.350 e. The van der Waals surface area contributed by atoms with E-state index < -0.39 is 5.97 Å². The second-order valence-corrected chi connectivity index (χ2v) is 5.34. The number of carbonyl (C=O) groups excluding carboxylic acids is 1. The average molecular weight is 328 g/mol. The van der Waals surface area contributed by atoms with Crippen molar-refractivity contribution in [3.63, 3.8) is 0 Å².